The molecule has 0 aromatic carbocycles. The zero-order chi connectivity index (χ0) is 26.5. The Labute approximate surface area is 213 Å². The number of esters is 1. The second-order valence-electron chi connectivity index (χ2n) is 10.4. The van der Waals surface area contributed by atoms with Gasteiger partial charge in [-0.15, -0.1) is 0 Å². The summed E-state index contributed by atoms with van der Waals surface area (Å²) in [6.45, 7) is 8.11. The predicted molar refractivity (Wildman–Crippen MR) is 133 cm³/mol. The number of hydrogen-bond donors (Lipinski definition) is 3. The van der Waals surface area contributed by atoms with E-state index in [0.29, 0.717) is 13.0 Å². The van der Waals surface area contributed by atoms with Crippen molar-refractivity contribution in [1.29, 1.82) is 0 Å². The Morgan fingerprint density at radius 1 is 1.25 bits per heavy atom. The van der Waals surface area contributed by atoms with Gasteiger partial charge in [-0.1, -0.05) is 36.8 Å². The second kappa shape index (κ2) is 12.5. The average Bonchev–Trinajstić information content (AvgIpc) is 3.60. The molecule has 3 N–H and O–H groups in total. The lowest BCUT2D eigenvalue weighted by atomic mass is 9.87. The van der Waals surface area contributed by atoms with Crippen LogP contribution in [0.15, 0.2) is 36.0 Å². The van der Waals surface area contributed by atoms with E-state index >= 15 is 0 Å². The van der Waals surface area contributed by atoms with E-state index in [4.69, 9.17) is 18.9 Å². The minimum absolute atomic E-state index is 0.0219. The zero-order valence-electron chi connectivity index (χ0n) is 21.9. The first-order chi connectivity index (χ1) is 17.0. The number of amides is 1. The van der Waals surface area contributed by atoms with Gasteiger partial charge in [0.15, 0.2) is 0 Å². The van der Waals surface area contributed by atoms with Crippen LogP contribution in [0, 0.1) is 5.92 Å². The van der Waals surface area contributed by atoms with Gasteiger partial charge in [0.1, 0.15) is 17.8 Å². The number of carbonyl (C=O) groups is 2. The van der Waals surface area contributed by atoms with Crippen LogP contribution in [0.2, 0.25) is 0 Å². The molecule has 3 saturated heterocycles. The lowest BCUT2D eigenvalue weighted by Crippen LogP contribution is -2.50. The summed E-state index contributed by atoms with van der Waals surface area (Å²) in [5, 5.41) is 23.0. The minimum atomic E-state index is -0.791. The van der Waals surface area contributed by atoms with E-state index in [-0.39, 0.29) is 48.6 Å². The molecule has 3 aliphatic rings. The van der Waals surface area contributed by atoms with Crippen molar-refractivity contribution in [3.63, 3.8) is 0 Å². The quantitative estimate of drug-likeness (QED) is 0.187. The van der Waals surface area contributed by atoms with Crippen molar-refractivity contribution in [2.45, 2.75) is 102 Å². The third-order valence-corrected chi connectivity index (χ3v) is 7.20. The number of nitrogens with one attached hydrogen (secondary N) is 1. The number of aliphatic hydroxyl groups is 2. The fourth-order valence-corrected chi connectivity index (χ4v) is 4.86. The molecule has 1 spiro atoms. The number of ether oxygens (including phenoxy) is 4. The van der Waals surface area contributed by atoms with Crippen LogP contribution >= 0.6 is 0 Å². The summed E-state index contributed by atoms with van der Waals surface area (Å²) in [5.41, 5.74) is 0.372. The Morgan fingerprint density at radius 3 is 2.61 bits per heavy atom. The molecule has 9 nitrogen and oxygen atoms in total. The summed E-state index contributed by atoms with van der Waals surface area (Å²) in [6.07, 6.45) is 8.25. The smallest absolute Gasteiger partial charge is 0.308 e. The van der Waals surface area contributed by atoms with Gasteiger partial charge in [0.25, 0.3) is 0 Å². The molecular weight excluding hydrogens is 466 g/mol. The molecule has 9 atom stereocenters. The highest BCUT2D eigenvalue weighted by molar-refractivity contribution is 5.87. The van der Waals surface area contributed by atoms with Gasteiger partial charge in [0.05, 0.1) is 50.6 Å². The number of carbonyl (C=O) groups excluding carboxylic acids is 2. The van der Waals surface area contributed by atoms with E-state index in [2.05, 4.69) is 18.3 Å². The molecule has 36 heavy (non-hydrogen) atoms. The van der Waals surface area contributed by atoms with Crippen LogP contribution in [-0.2, 0) is 28.5 Å². The van der Waals surface area contributed by atoms with E-state index in [0.717, 1.165) is 18.4 Å². The van der Waals surface area contributed by atoms with Crippen LogP contribution in [-0.4, -0.2) is 84.1 Å². The molecule has 0 aromatic rings. The molecule has 0 aromatic heterocycles. The van der Waals surface area contributed by atoms with Gasteiger partial charge in [-0.05, 0) is 39.5 Å². The summed E-state index contributed by atoms with van der Waals surface area (Å²) in [5.74, 6) is -0.336. The molecule has 9 unspecified atom stereocenters. The number of aliphatic hydroxyl groups excluding tert-OH is 2. The molecule has 9 heteroatoms. The summed E-state index contributed by atoms with van der Waals surface area (Å²) in [6, 6.07) is -0.0905. The van der Waals surface area contributed by atoms with Gasteiger partial charge in [-0.2, -0.15) is 0 Å². The maximum Gasteiger partial charge on any atom is 0.308 e. The highest BCUT2D eigenvalue weighted by Gasteiger charge is 2.58. The van der Waals surface area contributed by atoms with Gasteiger partial charge in [0, 0.05) is 12.5 Å². The topological polar surface area (TPSA) is 127 Å². The minimum Gasteiger partial charge on any atom is -0.469 e. The maximum absolute atomic E-state index is 12.1. The first kappa shape index (κ1) is 28.5. The molecule has 3 rings (SSSR count). The van der Waals surface area contributed by atoms with Crippen LogP contribution in [0.4, 0.5) is 0 Å². The molecular formula is C27H41NO8. The number of rotatable bonds is 9. The van der Waals surface area contributed by atoms with Crippen molar-refractivity contribution in [1.82, 2.24) is 5.32 Å². The molecule has 0 saturated carbocycles. The van der Waals surface area contributed by atoms with E-state index in [1.165, 1.54) is 19.3 Å². The van der Waals surface area contributed by atoms with Gasteiger partial charge < -0.3 is 34.5 Å². The monoisotopic (exact) mass is 507 g/mol. The van der Waals surface area contributed by atoms with E-state index in [1.54, 1.807) is 6.92 Å². The third-order valence-electron chi connectivity index (χ3n) is 7.20. The Kier molecular flexibility index (Phi) is 9.88. The van der Waals surface area contributed by atoms with Gasteiger partial charge in [0.2, 0.25) is 5.91 Å². The zero-order valence-corrected chi connectivity index (χ0v) is 21.9. The molecule has 1 amide bonds. The molecule has 0 aliphatic carbocycles. The third kappa shape index (κ3) is 7.73. The Bertz CT molecular complexity index is 862. The fraction of sp³-hybridized carbons (Fsp3) is 0.704. The number of epoxide rings is 1. The first-order valence-corrected chi connectivity index (χ1v) is 12.7. The lowest BCUT2D eigenvalue weighted by molar-refractivity contribution is -0.157. The van der Waals surface area contributed by atoms with E-state index in [1.807, 2.05) is 26.0 Å². The standard InChI is InChI=1S/C27H41NO8/c1-16(7-10-23-26(32)27(15-34-27)14-20(36-23)13-25(31)33-5)6-9-22-17(2)12-21(19(4)35-22)28-24(30)11-8-18(3)29/h6-8,10-11,17-23,26,29,32H,9,12-15H2,1-5H3,(H,28,30). The maximum atomic E-state index is 12.1. The number of methoxy groups -OCH3 is 1. The summed E-state index contributed by atoms with van der Waals surface area (Å²) >= 11 is 0. The number of hydrogen-bond acceptors (Lipinski definition) is 8. The first-order valence-electron chi connectivity index (χ1n) is 12.7. The van der Waals surface area contributed by atoms with Crippen LogP contribution in [0.3, 0.4) is 0 Å². The predicted octanol–water partition coefficient (Wildman–Crippen LogP) is 1.96. The van der Waals surface area contributed by atoms with Crippen molar-refractivity contribution in [3.8, 4) is 0 Å². The van der Waals surface area contributed by atoms with E-state index < -0.39 is 23.9 Å². The Morgan fingerprint density at radius 2 is 1.97 bits per heavy atom. The van der Waals surface area contributed by atoms with Crippen molar-refractivity contribution in [2.24, 2.45) is 5.92 Å². The fourth-order valence-electron chi connectivity index (χ4n) is 4.86. The SMILES string of the molecule is COC(=O)CC1CC2(CO2)C(O)C(C=CC(C)=CCC2OC(C)C(NC(=O)C=CC(C)O)CC2C)O1. The summed E-state index contributed by atoms with van der Waals surface area (Å²) in [7, 11) is 1.35. The molecule has 3 heterocycles. The second-order valence-corrected chi connectivity index (χ2v) is 10.4. The molecule has 0 bridgehead atoms. The van der Waals surface area contributed by atoms with Crippen molar-refractivity contribution >= 4 is 11.9 Å². The lowest BCUT2D eigenvalue weighted by Gasteiger charge is -2.39. The number of allylic oxidation sites excluding steroid dienone is 2. The van der Waals surface area contributed by atoms with Crippen LogP contribution in [0.1, 0.15) is 53.4 Å². The van der Waals surface area contributed by atoms with Gasteiger partial charge in [-0.3, -0.25) is 9.59 Å². The highest BCUT2D eigenvalue weighted by Crippen LogP contribution is 2.43. The Balaban J connectivity index is 1.52. The van der Waals surface area contributed by atoms with E-state index in [9.17, 15) is 19.8 Å². The largest absolute Gasteiger partial charge is 0.469 e. The highest BCUT2D eigenvalue weighted by atomic mass is 16.6. The van der Waals surface area contributed by atoms with Crippen LogP contribution in [0.25, 0.3) is 0 Å². The summed E-state index contributed by atoms with van der Waals surface area (Å²) < 4.78 is 22.5. The Hall–Kier alpha value is -2.04. The molecule has 202 valence electrons. The van der Waals surface area contributed by atoms with Crippen LogP contribution < -0.4 is 5.32 Å². The molecule has 0 radical (unpaired) electrons. The van der Waals surface area contributed by atoms with Crippen molar-refractivity contribution in [3.05, 3.63) is 36.0 Å². The van der Waals surface area contributed by atoms with Gasteiger partial charge >= 0.3 is 5.97 Å². The van der Waals surface area contributed by atoms with Crippen molar-refractivity contribution in [2.75, 3.05) is 13.7 Å². The molecule has 3 fully saturated rings. The normalized spacial score (nSPS) is 37.9. The van der Waals surface area contributed by atoms with Crippen molar-refractivity contribution < 1.29 is 38.7 Å². The summed E-state index contributed by atoms with van der Waals surface area (Å²) in [4.78, 5) is 23.8. The average molecular weight is 508 g/mol. The molecule has 3 aliphatic heterocycles. The van der Waals surface area contributed by atoms with Crippen LogP contribution in [0.5, 0.6) is 0 Å². The van der Waals surface area contributed by atoms with Gasteiger partial charge in [-0.25, -0.2) is 0 Å².